The van der Waals surface area contributed by atoms with E-state index >= 15 is 0 Å². The Morgan fingerprint density at radius 3 is 2.60 bits per heavy atom. The molecule has 1 amide bonds. The third-order valence-electron chi connectivity index (χ3n) is 5.44. The second kappa shape index (κ2) is 6.70. The Morgan fingerprint density at radius 2 is 2.00 bits per heavy atom. The topological polar surface area (TPSA) is 78.5 Å². The van der Waals surface area contributed by atoms with Gasteiger partial charge in [0.2, 0.25) is 15.9 Å². The van der Waals surface area contributed by atoms with Gasteiger partial charge in [0.25, 0.3) is 0 Å². The van der Waals surface area contributed by atoms with Crippen molar-refractivity contribution in [1.82, 2.24) is 14.9 Å². The zero-order valence-electron chi connectivity index (χ0n) is 15.0. The Kier molecular flexibility index (Phi) is 4.92. The van der Waals surface area contributed by atoms with Crippen LogP contribution in [0.15, 0.2) is 30.3 Å². The minimum absolute atomic E-state index is 0.121. The number of benzene rings is 1. The minimum Gasteiger partial charge on any atom is -0.348 e. The molecule has 2 saturated heterocycles. The lowest BCUT2D eigenvalue weighted by Crippen LogP contribution is -2.64. The standard InChI is InChI=1S/C18H27N3O3S/c1-13(2)25(23,24)21-10-9-16-17(15-7-5-4-6-8-15)19-11-18(16,12-21)20-14(3)22/h4-8,13,16-17,19H,9-12H2,1-3H3,(H,20,22)/t16-,17-,18+/m1/s1. The monoisotopic (exact) mass is 365 g/mol. The highest BCUT2D eigenvalue weighted by molar-refractivity contribution is 7.89. The van der Waals surface area contributed by atoms with Crippen molar-refractivity contribution >= 4 is 15.9 Å². The third-order valence-corrected chi connectivity index (χ3v) is 7.66. The highest BCUT2D eigenvalue weighted by atomic mass is 32.2. The molecule has 0 radical (unpaired) electrons. The van der Waals surface area contributed by atoms with Crippen molar-refractivity contribution in [2.45, 2.75) is 44.0 Å². The van der Waals surface area contributed by atoms with Gasteiger partial charge in [0.05, 0.1) is 10.8 Å². The van der Waals surface area contributed by atoms with Crippen LogP contribution in [0.4, 0.5) is 0 Å². The molecule has 7 heteroatoms. The molecule has 25 heavy (non-hydrogen) atoms. The second-order valence-corrected chi connectivity index (χ2v) is 9.92. The zero-order chi connectivity index (χ0) is 18.2. The van der Waals surface area contributed by atoms with Crippen LogP contribution in [0.3, 0.4) is 0 Å². The van der Waals surface area contributed by atoms with Crippen LogP contribution in [0.2, 0.25) is 0 Å². The van der Waals surface area contributed by atoms with Crippen LogP contribution >= 0.6 is 0 Å². The smallest absolute Gasteiger partial charge is 0.217 e. The fourth-order valence-electron chi connectivity index (χ4n) is 4.23. The van der Waals surface area contributed by atoms with E-state index < -0.39 is 20.8 Å². The molecule has 2 N–H and O–H groups in total. The number of carbonyl (C=O) groups excluding carboxylic acids is 1. The number of nitrogens with zero attached hydrogens (tertiary/aromatic N) is 1. The normalized spacial score (nSPS) is 30.2. The van der Waals surface area contributed by atoms with Crippen LogP contribution in [-0.4, -0.2) is 49.1 Å². The highest BCUT2D eigenvalue weighted by Crippen LogP contribution is 2.42. The Labute approximate surface area is 150 Å². The van der Waals surface area contributed by atoms with Crippen molar-refractivity contribution in [3.8, 4) is 0 Å². The van der Waals surface area contributed by atoms with Crippen LogP contribution < -0.4 is 10.6 Å². The summed E-state index contributed by atoms with van der Waals surface area (Å²) in [5.41, 5.74) is 0.618. The summed E-state index contributed by atoms with van der Waals surface area (Å²) < 4.78 is 26.8. The van der Waals surface area contributed by atoms with Gasteiger partial charge in [0.15, 0.2) is 0 Å². The number of fused-ring (bicyclic) bond motifs is 1. The molecule has 138 valence electrons. The summed E-state index contributed by atoms with van der Waals surface area (Å²) in [4.78, 5) is 11.9. The summed E-state index contributed by atoms with van der Waals surface area (Å²) in [7, 11) is -3.34. The van der Waals surface area contributed by atoms with Crippen molar-refractivity contribution in [2.75, 3.05) is 19.6 Å². The fraction of sp³-hybridized carbons (Fsp3) is 0.611. The van der Waals surface area contributed by atoms with E-state index in [2.05, 4.69) is 22.8 Å². The van der Waals surface area contributed by atoms with Crippen molar-refractivity contribution in [1.29, 1.82) is 0 Å². The average Bonchev–Trinajstić information content (AvgIpc) is 2.92. The predicted octanol–water partition coefficient (Wildman–Crippen LogP) is 1.27. The van der Waals surface area contributed by atoms with E-state index in [1.807, 2.05) is 18.2 Å². The van der Waals surface area contributed by atoms with Crippen molar-refractivity contribution in [3.63, 3.8) is 0 Å². The molecule has 3 rings (SSSR count). The summed E-state index contributed by atoms with van der Waals surface area (Å²) in [6.45, 7) is 6.29. The Hall–Kier alpha value is -1.44. The van der Waals surface area contributed by atoms with E-state index in [9.17, 15) is 13.2 Å². The molecule has 2 aliphatic rings. The molecule has 3 atom stereocenters. The fourth-order valence-corrected chi connectivity index (χ4v) is 5.60. The SMILES string of the molecule is CC(=O)N[C@]12CN[C@H](c3ccccc3)[C@H]1CCN(S(=O)(=O)C(C)C)C2. The van der Waals surface area contributed by atoms with Gasteiger partial charge in [-0.15, -0.1) is 0 Å². The molecule has 0 spiro atoms. The van der Waals surface area contributed by atoms with Crippen molar-refractivity contribution < 1.29 is 13.2 Å². The maximum Gasteiger partial charge on any atom is 0.217 e. The van der Waals surface area contributed by atoms with Gasteiger partial charge in [-0.05, 0) is 25.8 Å². The van der Waals surface area contributed by atoms with E-state index in [1.54, 1.807) is 18.2 Å². The first kappa shape index (κ1) is 18.4. The molecule has 1 aromatic carbocycles. The molecule has 0 aromatic heterocycles. The zero-order valence-corrected chi connectivity index (χ0v) is 15.8. The number of nitrogens with one attached hydrogen (secondary N) is 2. The summed E-state index contributed by atoms with van der Waals surface area (Å²) in [5.74, 6) is 0.0433. The number of piperidine rings is 1. The molecule has 1 aromatic rings. The van der Waals surface area contributed by atoms with E-state index in [4.69, 9.17) is 0 Å². The summed E-state index contributed by atoms with van der Waals surface area (Å²) in [6, 6.07) is 10.3. The molecule has 2 aliphatic heterocycles. The number of rotatable bonds is 4. The number of carbonyl (C=O) groups is 1. The Morgan fingerprint density at radius 1 is 1.32 bits per heavy atom. The Bertz CT molecular complexity index is 735. The van der Waals surface area contributed by atoms with Crippen LogP contribution in [0.1, 0.15) is 38.8 Å². The van der Waals surface area contributed by atoms with Crippen LogP contribution in [0, 0.1) is 5.92 Å². The average molecular weight is 365 g/mol. The number of sulfonamides is 1. The third kappa shape index (κ3) is 3.32. The molecule has 6 nitrogen and oxygen atoms in total. The molecule has 0 saturated carbocycles. The molecule has 2 fully saturated rings. The Balaban J connectivity index is 1.92. The minimum atomic E-state index is -3.34. The maximum atomic E-state index is 12.6. The van der Waals surface area contributed by atoms with E-state index in [0.717, 1.165) is 6.42 Å². The first-order valence-electron chi connectivity index (χ1n) is 8.82. The van der Waals surface area contributed by atoms with Gasteiger partial charge in [-0.2, -0.15) is 4.31 Å². The first-order valence-corrected chi connectivity index (χ1v) is 10.3. The second-order valence-electron chi connectivity index (χ2n) is 7.43. The van der Waals surface area contributed by atoms with Gasteiger partial charge in [-0.3, -0.25) is 4.79 Å². The number of hydrogen-bond donors (Lipinski definition) is 2. The van der Waals surface area contributed by atoms with E-state index in [-0.39, 0.29) is 17.9 Å². The first-order chi connectivity index (χ1) is 11.8. The lowest BCUT2D eigenvalue weighted by Gasteiger charge is -2.45. The summed E-state index contributed by atoms with van der Waals surface area (Å²) in [5, 5.41) is 6.16. The molecule has 0 aliphatic carbocycles. The lowest BCUT2D eigenvalue weighted by atomic mass is 9.76. The summed E-state index contributed by atoms with van der Waals surface area (Å²) in [6.07, 6.45) is 0.721. The summed E-state index contributed by atoms with van der Waals surface area (Å²) >= 11 is 0. The van der Waals surface area contributed by atoms with E-state index in [1.165, 1.54) is 12.5 Å². The van der Waals surface area contributed by atoms with Gasteiger partial charge < -0.3 is 10.6 Å². The maximum absolute atomic E-state index is 12.6. The molecule has 2 heterocycles. The van der Waals surface area contributed by atoms with Crippen molar-refractivity contribution in [3.05, 3.63) is 35.9 Å². The van der Waals surface area contributed by atoms with Crippen LogP contribution in [0.5, 0.6) is 0 Å². The van der Waals surface area contributed by atoms with Gasteiger partial charge in [-0.25, -0.2) is 8.42 Å². The quantitative estimate of drug-likeness (QED) is 0.842. The molecular formula is C18H27N3O3S. The largest absolute Gasteiger partial charge is 0.348 e. The molecule has 0 unspecified atom stereocenters. The lowest BCUT2D eigenvalue weighted by molar-refractivity contribution is -0.121. The molecular weight excluding hydrogens is 338 g/mol. The number of amides is 1. The highest BCUT2D eigenvalue weighted by Gasteiger charge is 2.54. The van der Waals surface area contributed by atoms with Crippen LogP contribution in [0.25, 0.3) is 0 Å². The van der Waals surface area contributed by atoms with Gasteiger partial charge >= 0.3 is 0 Å². The van der Waals surface area contributed by atoms with Gasteiger partial charge in [0.1, 0.15) is 0 Å². The van der Waals surface area contributed by atoms with Gasteiger partial charge in [0, 0.05) is 38.5 Å². The van der Waals surface area contributed by atoms with E-state index in [0.29, 0.717) is 19.6 Å². The van der Waals surface area contributed by atoms with Gasteiger partial charge in [-0.1, -0.05) is 30.3 Å². The predicted molar refractivity (Wildman–Crippen MR) is 97.5 cm³/mol. The van der Waals surface area contributed by atoms with Crippen molar-refractivity contribution in [2.24, 2.45) is 5.92 Å². The molecule has 0 bridgehead atoms. The van der Waals surface area contributed by atoms with Crippen LogP contribution in [-0.2, 0) is 14.8 Å². The number of hydrogen-bond acceptors (Lipinski definition) is 4.